The van der Waals surface area contributed by atoms with Gasteiger partial charge in [0, 0.05) is 19.0 Å². The molecule has 1 atom stereocenters. The fraction of sp³-hybridized carbons (Fsp3) is 0.400. The number of hydrogen-bond acceptors (Lipinski definition) is 3. The molecule has 1 aromatic rings. The molecule has 0 radical (unpaired) electrons. The van der Waals surface area contributed by atoms with Crippen molar-refractivity contribution in [2.45, 2.75) is 6.42 Å². The predicted octanol–water partition coefficient (Wildman–Crippen LogP) is 0.671. The molecule has 2 rings (SSSR count). The van der Waals surface area contributed by atoms with E-state index in [2.05, 4.69) is 4.98 Å². The van der Waals surface area contributed by atoms with Crippen LogP contribution >= 0.6 is 0 Å². The lowest BCUT2D eigenvalue weighted by Gasteiger charge is -2.15. The predicted molar refractivity (Wildman–Crippen MR) is 53.7 cm³/mol. The molecule has 2 N–H and O–H groups in total. The molecule has 86 valence electrons. The summed E-state index contributed by atoms with van der Waals surface area (Å²) < 4.78 is 26.0. The highest BCUT2D eigenvalue weighted by Gasteiger charge is 2.32. The van der Waals surface area contributed by atoms with Crippen LogP contribution in [0.15, 0.2) is 12.3 Å². The number of rotatable bonds is 2. The van der Waals surface area contributed by atoms with Gasteiger partial charge in [-0.25, -0.2) is 13.8 Å². The highest BCUT2D eigenvalue weighted by atomic mass is 19.1. The minimum Gasteiger partial charge on any atom is -0.330 e. The summed E-state index contributed by atoms with van der Waals surface area (Å²) in [6.07, 6.45) is 1.18. The molecule has 16 heavy (non-hydrogen) atoms. The zero-order valence-electron chi connectivity index (χ0n) is 8.49. The number of amides is 1. The van der Waals surface area contributed by atoms with Crippen molar-refractivity contribution in [3.05, 3.63) is 23.9 Å². The summed E-state index contributed by atoms with van der Waals surface area (Å²) in [5.74, 6) is -1.93. The molecule has 1 aromatic heterocycles. The Kier molecular flexibility index (Phi) is 2.82. The molecular formula is C10H11F2N3O. The number of aromatic nitrogens is 1. The van der Waals surface area contributed by atoms with Gasteiger partial charge in [0.1, 0.15) is 5.82 Å². The van der Waals surface area contributed by atoms with Gasteiger partial charge in [0.25, 0.3) is 0 Å². The zero-order valence-corrected chi connectivity index (χ0v) is 8.49. The summed E-state index contributed by atoms with van der Waals surface area (Å²) in [5, 5.41) is 0. The Morgan fingerprint density at radius 1 is 1.56 bits per heavy atom. The lowest BCUT2D eigenvalue weighted by atomic mass is 10.1. The number of pyridine rings is 1. The van der Waals surface area contributed by atoms with Gasteiger partial charge in [-0.05, 0) is 12.5 Å². The molecule has 0 aromatic carbocycles. The van der Waals surface area contributed by atoms with Crippen LogP contribution in [0.5, 0.6) is 0 Å². The van der Waals surface area contributed by atoms with Gasteiger partial charge in [-0.15, -0.1) is 0 Å². The van der Waals surface area contributed by atoms with Gasteiger partial charge < -0.3 is 5.73 Å². The van der Waals surface area contributed by atoms with E-state index in [9.17, 15) is 13.6 Å². The van der Waals surface area contributed by atoms with E-state index >= 15 is 0 Å². The molecule has 1 aliphatic heterocycles. The van der Waals surface area contributed by atoms with Crippen molar-refractivity contribution in [1.29, 1.82) is 0 Å². The Hall–Kier alpha value is -1.56. The smallest absolute Gasteiger partial charge is 0.228 e. The number of carbonyl (C=O) groups is 1. The van der Waals surface area contributed by atoms with Crippen LogP contribution in [0.25, 0.3) is 0 Å². The first kappa shape index (κ1) is 10.9. The van der Waals surface area contributed by atoms with Gasteiger partial charge in [0.05, 0.1) is 6.20 Å². The van der Waals surface area contributed by atoms with Crippen LogP contribution in [0, 0.1) is 17.6 Å². The van der Waals surface area contributed by atoms with E-state index in [0.717, 1.165) is 6.20 Å². The Morgan fingerprint density at radius 3 is 2.88 bits per heavy atom. The third kappa shape index (κ3) is 1.88. The molecule has 2 heterocycles. The molecule has 6 heteroatoms. The monoisotopic (exact) mass is 227 g/mol. The number of carbonyl (C=O) groups excluding carboxylic acids is 1. The van der Waals surface area contributed by atoms with Gasteiger partial charge in [-0.1, -0.05) is 0 Å². The topological polar surface area (TPSA) is 59.2 Å². The normalized spacial score (nSPS) is 20.6. The number of anilines is 1. The Balaban J connectivity index is 2.28. The minimum absolute atomic E-state index is 0.0127. The SMILES string of the molecule is NCC1CC(=O)N(c2ncc(F)cc2F)C1. The average Bonchev–Trinajstić information content (AvgIpc) is 2.60. The maximum absolute atomic E-state index is 13.4. The maximum atomic E-state index is 13.4. The first-order valence-corrected chi connectivity index (χ1v) is 4.93. The molecule has 0 spiro atoms. The summed E-state index contributed by atoms with van der Waals surface area (Å²) in [7, 11) is 0. The summed E-state index contributed by atoms with van der Waals surface area (Å²) in [6, 6.07) is 0.714. The number of nitrogens with two attached hydrogens (primary N) is 1. The second kappa shape index (κ2) is 4.13. The van der Waals surface area contributed by atoms with Crippen LogP contribution in [0.4, 0.5) is 14.6 Å². The molecule has 1 saturated heterocycles. The first-order valence-electron chi connectivity index (χ1n) is 4.93. The van der Waals surface area contributed by atoms with Gasteiger partial charge >= 0.3 is 0 Å². The van der Waals surface area contributed by atoms with Crippen LogP contribution in [-0.4, -0.2) is 24.0 Å². The van der Waals surface area contributed by atoms with E-state index in [4.69, 9.17) is 5.73 Å². The largest absolute Gasteiger partial charge is 0.330 e. The average molecular weight is 227 g/mol. The van der Waals surface area contributed by atoms with Crippen molar-refractivity contribution >= 4 is 11.7 Å². The quantitative estimate of drug-likeness (QED) is 0.807. The maximum Gasteiger partial charge on any atom is 0.228 e. The lowest BCUT2D eigenvalue weighted by Crippen LogP contribution is -2.27. The molecular weight excluding hydrogens is 216 g/mol. The minimum atomic E-state index is -0.828. The van der Waals surface area contributed by atoms with Crippen LogP contribution in [0.1, 0.15) is 6.42 Å². The van der Waals surface area contributed by atoms with Gasteiger partial charge in [-0.2, -0.15) is 0 Å². The standard InChI is InChI=1S/C10H11F2N3O/c11-7-2-8(12)10(14-4-7)15-5-6(3-13)1-9(15)16/h2,4,6H,1,3,5,13H2. The summed E-state index contributed by atoms with van der Waals surface area (Å²) in [6.45, 7) is 0.704. The van der Waals surface area contributed by atoms with Gasteiger partial charge in [0.2, 0.25) is 5.91 Å². The Morgan fingerprint density at radius 2 is 2.31 bits per heavy atom. The van der Waals surface area contributed by atoms with Crippen LogP contribution in [0.3, 0.4) is 0 Å². The van der Waals surface area contributed by atoms with E-state index in [-0.39, 0.29) is 24.1 Å². The van der Waals surface area contributed by atoms with Crippen LogP contribution in [0.2, 0.25) is 0 Å². The van der Waals surface area contributed by atoms with E-state index < -0.39 is 11.6 Å². The number of nitrogens with zero attached hydrogens (tertiary/aromatic N) is 2. The van der Waals surface area contributed by atoms with Gasteiger partial charge in [0.15, 0.2) is 11.6 Å². The van der Waals surface area contributed by atoms with Crippen LogP contribution < -0.4 is 10.6 Å². The van der Waals surface area contributed by atoms with E-state index in [0.29, 0.717) is 19.2 Å². The van der Waals surface area contributed by atoms with Crippen LogP contribution in [-0.2, 0) is 4.79 Å². The van der Waals surface area contributed by atoms with E-state index in [1.165, 1.54) is 4.90 Å². The molecule has 0 bridgehead atoms. The van der Waals surface area contributed by atoms with Crippen molar-refractivity contribution in [2.24, 2.45) is 11.7 Å². The molecule has 1 aliphatic rings. The van der Waals surface area contributed by atoms with Crippen molar-refractivity contribution in [1.82, 2.24) is 4.98 Å². The molecule has 0 aliphatic carbocycles. The van der Waals surface area contributed by atoms with E-state index in [1.54, 1.807) is 0 Å². The van der Waals surface area contributed by atoms with Gasteiger partial charge in [-0.3, -0.25) is 9.69 Å². The molecule has 4 nitrogen and oxygen atoms in total. The van der Waals surface area contributed by atoms with Crippen molar-refractivity contribution in [3.63, 3.8) is 0 Å². The molecule has 1 unspecified atom stereocenters. The Labute approximate surface area is 91.1 Å². The number of hydrogen-bond donors (Lipinski definition) is 1. The third-order valence-corrected chi connectivity index (χ3v) is 2.58. The van der Waals surface area contributed by atoms with Crippen molar-refractivity contribution < 1.29 is 13.6 Å². The fourth-order valence-corrected chi connectivity index (χ4v) is 1.75. The first-order chi connectivity index (χ1) is 7.61. The summed E-state index contributed by atoms with van der Waals surface area (Å²) in [5.41, 5.74) is 5.45. The molecule has 1 amide bonds. The Bertz CT molecular complexity index is 425. The number of halogens is 2. The van der Waals surface area contributed by atoms with Crippen molar-refractivity contribution in [3.8, 4) is 0 Å². The third-order valence-electron chi connectivity index (χ3n) is 2.58. The molecule has 1 fully saturated rings. The highest BCUT2D eigenvalue weighted by Crippen LogP contribution is 2.25. The van der Waals surface area contributed by atoms with E-state index in [1.807, 2.05) is 0 Å². The molecule has 0 saturated carbocycles. The fourth-order valence-electron chi connectivity index (χ4n) is 1.75. The zero-order chi connectivity index (χ0) is 11.7. The second-order valence-electron chi connectivity index (χ2n) is 3.77. The second-order valence-corrected chi connectivity index (χ2v) is 3.77. The highest BCUT2D eigenvalue weighted by molar-refractivity contribution is 5.94. The summed E-state index contributed by atoms with van der Waals surface area (Å²) in [4.78, 5) is 16.4. The lowest BCUT2D eigenvalue weighted by molar-refractivity contribution is -0.117. The summed E-state index contributed by atoms with van der Waals surface area (Å²) >= 11 is 0. The van der Waals surface area contributed by atoms with Crippen molar-refractivity contribution in [2.75, 3.05) is 18.0 Å².